The molecular weight excluding hydrogens is 601 g/mol. The third-order valence-electron chi connectivity index (χ3n) is 4.57. The maximum atomic E-state index is 13.7. The van der Waals surface area contributed by atoms with Crippen LogP contribution in [0.3, 0.4) is 0 Å². The van der Waals surface area contributed by atoms with E-state index >= 15 is 0 Å². The van der Waals surface area contributed by atoms with Crippen LogP contribution in [-0.4, -0.2) is 43.6 Å². The maximum Gasteiger partial charge on any atom is 0.573 e. The Morgan fingerprint density at radius 2 is 1.51 bits per heavy atom. The van der Waals surface area contributed by atoms with Crippen LogP contribution in [0.4, 0.5) is 43.9 Å². The molecule has 0 spiro atoms. The zero-order valence-corrected chi connectivity index (χ0v) is 20.3. The molecule has 2 rings (SSSR count). The Kier molecular flexibility index (Phi) is 10.1. The van der Waals surface area contributed by atoms with E-state index in [2.05, 4.69) is 4.74 Å². The largest absolute Gasteiger partial charge is 0.573 e. The van der Waals surface area contributed by atoms with Crippen LogP contribution in [0.15, 0.2) is 36.4 Å². The van der Waals surface area contributed by atoms with E-state index in [0.717, 1.165) is 18.2 Å². The van der Waals surface area contributed by atoms with Gasteiger partial charge in [0.15, 0.2) is 5.82 Å². The first-order chi connectivity index (χ1) is 17.8. The molecule has 1 atom stereocenters. The highest BCUT2D eigenvalue weighted by molar-refractivity contribution is 6.35. The fraction of sp³-hybridized carbons (Fsp3) is 0.273. The fourth-order valence-electron chi connectivity index (χ4n) is 2.93. The van der Waals surface area contributed by atoms with Gasteiger partial charge in [-0.2, -0.15) is 26.3 Å². The van der Waals surface area contributed by atoms with E-state index in [9.17, 15) is 53.5 Å². The van der Waals surface area contributed by atoms with Crippen molar-refractivity contribution in [2.75, 3.05) is 13.1 Å². The van der Waals surface area contributed by atoms with Gasteiger partial charge in [-0.1, -0.05) is 41.4 Å². The summed E-state index contributed by atoms with van der Waals surface area (Å²) in [6.07, 6.45) is -13.8. The second-order valence-electron chi connectivity index (χ2n) is 7.55. The number of allylic oxidation sites excluding steroid dienone is 1. The molecule has 2 amide bonds. The van der Waals surface area contributed by atoms with Gasteiger partial charge < -0.3 is 15.4 Å². The van der Waals surface area contributed by atoms with Crippen molar-refractivity contribution in [2.24, 2.45) is 0 Å². The second kappa shape index (κ2) is 12.3. The van der Waals surface area contributed by atoms with E-state index in [1.165, 1.54) is 5.32 Å². The van der Waals surface area contributed by atoms with Gasteiger partial charge in [0.2, 0.25) is 5.91 Å². The number of nitrogens with one attached hydrogen (secondary N) is 2. The number of halogens is 12. The molecule has 0 aliphatic carbocycles. The smallest absolute Gasteiger partial charge is 0.405 e. The lowest BCUT2D eigenvalue weighted by Crippen LogP contribution is -2.41. The van der Waals surface area contributed by atoms with Crippen LogP contribution in [-0.2, 0) is 4.79 Å². The Bertz CT molecular complexity index is 1220. The lowest BCUT2D eigenvalue weighted by atomic mass is 9.96. The zero-order chi connectivity index (χ0) is 29.8. The van der Waals surface area contributed by atoms with E-state index in [1.807, 2.05) is 0 Å². The normalized spacial score (nSPS) is 13.3. The SMILES string of the molecule is O=C(CNC(=O)c1ccc(/C=C/C(c2cc(Cl)c(F)c(Cl)c2)C(F)(F)F)cc1OC(F)(F)F)NCC(F)(F)F. The van der Waals surface area contributed by atoms with E-state index in [-0.39, 0.29) is 5.56 Å². The molecule has 17 heteroatoms. The zero-order valence-electron chi connectivity index (χ0n) is 18.8. The van der Waals surface area contributed by atoms with Gasteiger partial charge >= 0.3 is 18.7 Å². The lowest BCUT2D eigenvalue weighted by molar-refractivity contribution is -0.274. The molecule has 1 unspecified atom stereocenters. The summed E-state index contributed by atoms with van der Waals surface area (Å²) in [5.41, 5.74) is -1.73. The van der Waals surface area contributed by atoms with Crippen molar-refractivity contribution in [1.29, 1.82) is 0 Å². The van der Waals surface area contributed by atoms with Crippen molar-refractivity contribution < 1.29 is 58.2 Å². The molecule has 0 aromatic heterocycles. The Labute approximate surface area is 222 Å². The highest BCUT2D eigenvalue weighted by Gasteiger charge is 2.39. The van der Waals surface area contributed by atoms with Crippen LogP contribution >= 0.6 is 23.2 Å². The van der Waals surface area contributed by atoms with Gasteiger partial charge in [0.1, 0.15) is 12.3 Å². The number of ether oxygens (including phenoxy) is 1. The minimum Gasteiger partial charge on any atom is -0.405 e. The number of carbonyl (C=O) groups excluding carboxylic acids is 2. The summed E-state index contributed by atoms with van der Waals surface area (Å²) in [7, 11) is 0. The fourth-order valence-corrected chi connectivity index (χ4v) is 3.43. The number of amides is 2. The van der Waals surface area contributed by atoms with Crippen molar-refractivity contribution in [1.82, 2.24) is 10.6 Å². The number of rotatable bonds is 8. The molecule has 2 N–H and O–H groups in total. The lowest BCUT2D eigenvalue weighted by Gasteiger charge is -2.18. The Balaban J connectivity index is 2.34. The molecule has 39 heavy (non-hydrogen) atoms. The predicted molar refractivity (Wildman–Crippen MR) is 119 cm³/mol. The van der Waals surface area contributed by atoms with Crippen LogP contribution in [0, 0.1) is 5.82 Å². The minimum atomic E-state index is -5.36. The summed E-state index contributed by atoms with van der Waals surface area (Å²) >= 11 is 11.1. The molecule has 0 bridgehead atoms. The standard InChI is InChI=1S/C22H14Cl2F10N2O3/c23-14-6-11(7-15(24)18(14)25)13(21(29,30)31)4-2-10-1-3-12(16(5-10)39-22(32,33)34)19(38)35-8-17(37)36-9-20(26,27)28/h1-7,13H,8-9H2,(H,35,38)(H,36,37)/b4-2+. The first-order valence-electron chi connectivity index (χ1n) is 10.2. The molecule has 0 aliphatic heterocycles. The van der Waals surface area contributed by atoms with Gasteiger partial charge in [-0.3, -0.25) is 9.59 Å². The van der Waals surface area contributed by atoms with Gasteiger partial charge in [0.25, 0.3) is 5.91 Å². The molecule has 0 saturated carbocycles. The Morgan fingerprint density at radius 3 is 2.03 bits per heavy atom. The number of hydrogen-bond donors (Lipinski definition) is 2. The molecular formula is C22H14Cl2F10N2O3. The summed E-state index contributed by atoms with van der Waals surface area (Å²) in [6.45, 7) is -2.77. The molecule has 5 nitrogen and oxygen atoms in total. The number of benzene rings is 2. The van der Waals surface area contributed by atoms with Crippen LogP contribution < -0.4 is 15.4 Å². The topological polar surface area (TPSA) is 67.4 Å². The van der Waals surface area contributed by atoms with Gasteiger partial charge in [-0.15, -0.1) is 13.2 Å². The molecule has 0 heterocycles. The van der Waals surface area contributed by atoms with Crippen molar-refractivity contribution in [2.45, 2.75) is 24.6 Å². The van der Waals surface area contributed by atoms with Gasteiger partial charge in [0.05, 0.1) is 28.1 Å². The van der Waals surface area contributed by atoms with Gasteiger partial charge in [-0.25, -0.2) is 4.39 Å². The molecule has 2 aromatic rings. The summed E-state index contributed by atoms with van der Waals surface area (Å²) in [6, 6.07) is 3.54. The van der Waals surface area contributed by atoms with Crippen LogP contribution in [0.2, 0.25) is 10.0 Å². The quantitative estimate of drug-likeness (QED) is 0.254. The van der Waals surface area contributed by atoms with Crippen molar-refractivity contribution in [3.05, 3.63) is 69.0 Å². The van der Waals surface area contributed by atoms with E-state index in [1.54, 1.807) is 5.32 Å². The van der Waals surface area contributed by atoms with Crippen molar-refractivity contribution in [3.8, 4) is 5.75 Å². The predicted octanol–water partition coefficient (Wildman–Crippen LogP) is 6.80. The maximum absolute atomic E-state index is 13.7. The van der Waals surface area contributed by atoms with Crippen LogP contribution in [0.25, 0.3) is 6.08 Å². The van der Waals surface area contributed by atoms with Crippen molar-refractivity contribution >= 4 is 41.1 Å². The molecule has 0 fully saturated rings. The van der Waals surface area contributed by atoms with Crippen LogP contribution in [0.1, 0.15) is 27.4 Å². The first kappa shape index (κ1) is 32.0. The third kappa shape index (κ3) is 10.1. The van der Waals surface area contributed by atoms with E-state index < -0.39 is 82.3 Å². The summed E-state index contributed by atoms with van der Waals surface area (Å²) in [4.78, 5) is 23.7. The summed E-state index contributed by atoms with van der Waals surface area (Å²) in [5.74, 6) is -7.45. The number of alkyl halides is 9. The van der Waals surface area contributed by atoms with E-state index in [4.69, 9.17) is 23.2 Å². The van der Waals surface area contributed by atoms with Crippen LogP contribution in [0.5, 0.6) is 5.75 Å². The molecule has 0 radical (unpaired) electrons. The van der Waals surface area contributed by atoms with E-state index in [0.29, 0.717) is 24.3 Å². The molecule has 214 valence electrons. The number of hydrogen-bond acceptors (Lipinski definition) is 3. The third-order valence-corrected chi connectivity index (χ3v) is 5.12. The van der Waals surface area contributed by atoms with Gasteiger partial charge in [-0.05, 0) is 35.4 Å². The average molecular weight is 615 g/mol. The molecule has 2 aromatic carbocycles. The summed E-state index contributed by atoms with van der Waals surface area (Å²) in [5, 5.41) is 1.82. The van der Waals surface area contributed by atoms with Gasteiger partial charge in [0, 0.05) is 0 Å². The van der Waals surface area contributed by atoms with Crippen molar-refractivity contribution in [3.63, 3.8) is 0 Å². The Morgan fingerprint density at radius 1 is 0.923 bits per heavy atom. The molecule has 0 saturated heterocycles. The molecule has 0 aliphatic rings. The monoisotopic (exact) mass is 614 g/mol. The first-order valence-corrected chi connectivity index (χ1v) is 10.9. The Hall–Kier alpha value is -3.20. The average Bonchev–Trinajstić information content (AvgIpc) is 2.77. The highest BCUT2D eigenvalue weighted by Crippen LogP contribution is 2.39. The minimum absolute atomic E-state index is 0.317. The summed E-state index contributed by atoms with van der Waals surface area (Å²) < 4.78 is 133. The number of carbonyl (C=O) groups is 2. The second-order valence-corrected chi connectivity index (χ2v) is 8.37. The highest BCUT2D eigenvalue weighted by atomic mass is 35.5.